The van der Waals surface area contributed by atoms with Gasteiger partial charge in [0.25, 0.3) is 5.56 Å². The maximum absolute atomic E-state index is 13.5. The molecular formula is C24H21N3O4. The Hall–Kier alpha value is -3.71. The molecule has 2 aliphatic rings. The zero-order valence-corrected chi connectivity index (χ0v) is 17.2. The van der Waals surface area contributed by atoms with Crippen LogP contribution in [0.4, 0.5) is 5.82 Å². The molecule has 0 unspecified atom stereocenters. The fourth-order valence-electron chi connectivity index (χ4n) is 4.58. The van der Waals surface area contributed by atoms with Crippen LogP contribution in [-0.2, 0) is 11.3 Å². The molecule has 1 atom stereocenters. The van der Waals surface area contributed by atoms with Gasteiger partial charge < -0.3 is 10.1 Å². The first-order valence-electron chi connectivity index (χ1n) is 10.1. The summed E-state index contributed by atoms with van der Waals surface area (Å²) in [6, 6.07) is 15.1. The zero-order valence-electron chi connectivity index (χ0n) is 17.2. The standard InChI is InChI=1S/C24H21N3O4/c1-13-7-3-4-8-14(13)17-18-20(15-9-5-6-10-16(15)21(18)28)25-22-19(17)23(29)26-24(30)27(22)11-12-31-2/h3-10,17,25H,11-12H2,1-2H3,(H,26,29,30)/t17-/m1/s1. The van der Waals surface area contributed by atoms with E-state index in [4.69, 9.17) is 4.74 Å². The summed E-state index contributed by atoms with van der Waals surface area (Å²) in [6.45, 7) is 2.52. The first kappa shape index (κ1) is 19.3. The van der Waals surface area contributed by atoms with E-state index in [9.17, 15) is 14.4 Å². The molecule has 2 N–H and O–H groups in total. The van der Waals surface area contributed by atoms with Gasteiger partial charge in [-0.2, -0.15) is 0 Å². The Balaban J connectivity index is 1.85. The molecule has 2 aromatic carbocycles. The second-order valence-electron chi connectivity index (χ2n) is 7.74. The number of anilines is 1. The number of carbonyl (C=O) groups excluding carboxylic acids is 1. The number of allylic oxidation sites excluding steroid dienone is 1. The quantitative estimate of drug-likeness (QED) is 0.683. The number of H-pyrrole nitrogens is 1. The average Bonchev–Trinajstić information content (AvgIpc) is 3.05. The molecule has 7 nitrogen and oxygen atoms in total. The van der Waals surface area contributed by atoms with Gasteiger partial charge in [0.15, 0.2) is 5.78 Å². The first-order valence-corrected chi connectivity index (χ1v) is 10.1. The second-order valence-corrected chi connectivity index (χ2v) is 7.74. The lowest BCUT2D eigenvalue weighted by Gasteiger charge is -2.30. The topological polar surface area (TPSA) is 93.2 Å². The number of aromatic amines is 1. The average molecular weight is 415 g/mol. The molecule has 0 amide bonds. The number of ketones is 1. The van der Waals surface area contributed by atoms with Crippen molar-refractivity contribution in [1.29, 1.82) is 0 Å². The molecule has 0 saturated heterocycles. The number of hydrogen-bond donors (Lipinski definition) is 2. The molecular weight excluding hydrogens is 394 g/mol. The number of carbonyl (C=O) groups is 1. The largest absolute Gasteiger partial charge is 0.383 e. The second kappa shape index (κ2) is 7.21. The predicted molar refractivity (Wildman–Crippen MR) is 118 cm³/mol. The van der Waals surface area contributed by atoms with Crippen LogP contribution in [0.5, 0.6) is 0 Å². The number of methoxy groups -OCH3 is 1. The maximum Gasteiger partial charge on any atom is 0.330 e. The van der Waals surface area contributed by atoms with E-state index in [0.717, 1.165) is 16.7 Å². The van der Waals surface area contributed by atoms with Gasteiger partial charge in [-0.3, -0.25) is 19.1 Å². The van der Waals surface area contributed by atoms with Gasteiger partial charge >= 0.3 is 5.69 Å². The lowest BCUT2D eigenvalue weighted by atomic mass is 9.80. The Morgan fingerprint density at radius 3 is 2.45 bits per heavy atom. The number of ether oxygens (including phenoxy) is 1. The minimum absolute atomic E-state index is 0.106. The van der Waals surface area contributed by atoms with Gasteiger partial charge in [-0.05, 0) is 18.1 Å². The third-order valence-electron chi connectivity index (χ3n) is 6.03. The summed E-state index contributed by atoms with van der Waals surface area (Å²) in [4.78, 5) is 41.7. The molecule has 0 saturated carbocycles. The van der Waals surface area contributed by atoms with Crippen LogP contribution in [0.25, 0.3) is 5.70 Å². The Labute approximate surface area is 178 Å². The number of hydrogen-bond acceptors (Lipinski definition) is 5. The van der Waals surface area contributed by atoms with Crippen LogP contribution < -0.4 is 16.6 Å². The normalized spacial score (nSPS) is 16.6. The number of benzene rings is 2. The van der Waals surface area contributed by atoms with Crippen LogP contribution in [0.2, 0.25) is 0 Å². The van der Waals surface area contributed by atoms with Crippen LogP contribution in [0.1, 0.15) is 38.5 Å². The lowest BCUT2D eigenvalue weighted by molar-refractivity contribution is 0.103. The fourth-order valence-corrected chi connectivity index (χ4v) is 4.58. The summed E-state index contributed by atoms with van der Waals surface area (Å²) < 4.78 is 6.64. The molecule has 1 aliphatic heterocycles. The van der Waals surface area contributed by atoms with E-state index in [1.807, 2.05) is 49.4 Å². The van der Waals surface area contributed by atoms with Crippen molar-refractivity contribution in [1.82, 2.24) is 9.55 Å². The summed E-state index contributed by atoms with van der Waals surface area (Å²) in [5.41, 5.74) is 3.73. The van der Waals surface area contributed by atoms with Gasteiger partial charge in [0, 0.05) is 29.7 Å². The predicted octanol–water partition coefficient (Wildman–Crippen LogP) is 2.66. The number of rotatable bonds is 4. The summed E-state index contributed by atoms with van der Waals surface area (Å²) in [6.07, 6.45) is 0. The minimum atomic E-state index is -0.592. The number of Topliss-reactive ketones (excluding diaryl/α,β-unsaturated/α-hetero) is 1. The van der Waals surface area contributed by atoms with Crippen LogP contribution in [0, 0.1) is 6.92 Å². The smallest absolute Gasteiger partial charge is 0.330 e. The summed E-state index contributed by atoms with van der Waals surface area (Å²) in [5, 5.41) is 3.27. The molecule has 1 aliphatic carbocycles. The molecule has 0 bridgehead atoms. The summed E-state index contributed by atoms with van der Waals surface area (Å²) in [7, 11) is 1.55. The van der Waals surface area contributed by atoms with E-state index in [1.165, 1.54) is 4.57 Å². The van der Waals surface area contributed by atoms with Crippen molar-refractivity contribution in [2.75, 3.05) is 19.0 Å². The number of fused-ring (bicyclic) bond motifs is 3. The van der Waals surface area contributed by atoms with E-state index in [1.54, 1.807) is 13.2 Å². The molecule has 5 rings (SSSR count). The molecule has 31 heavy (non-hydrogen) atoms. The van der Waals surface area contributed by atoms with Gasteiger partial charge in [-0.1, -0.05) is 48.5 Å². The van der Waals surface area contributed by atoms with Crippen molar-refractivity contribution in [3.8, 4) is 0 Å². The van der Waals surface area contributed by atoms with Gasteiger partial charge in [0.2, 0.25) is 0 Å². The van der Waals surface area contributed by atoms with Crippen molar-refractivity contribution < 1.29 is 9.53 Å². The molecule has 156 valence electrons. The highest BCUT2D eigenvalue weighted by atomic mass is 16.5. The zero-order chi connectivity index (χ0) is 21.7. The third-order valence-corrected chi connectivity index (χ3v) is 6.03. The molecule has 0 radical (unpaired) electrons. The van der Waals surface area contributed by atoms with Crippen molar-refractivity contribution in [2.45, 2.75) is 19.4 Å². The SMILES string of the molecule is COCCn1c2c(c(=O)[nH]c1=O)[C@H](c1ccccc1C)C1=C(N2)c2ccccc2C1=O. The van der Waals surface area contributed by atoms with Gasteiger partial charge in [-0.15, -0.1) is 0 Å². The highest BCUT2D eigenvalue weighted by Crippen LogP contribution is 2.48. The number of aryl methyl sites for hydroxylation is 1. The monoisotopic (exact) mass is 415 g/mol. The Morgan fingerprint density at radius 2 is 1.71 bits per heavy atom. The Kier molecular flexibility index (Phi) is 4.48. The maximum atomic E-state index is 13.5. The fraction of sp³-hybridized carbons (Fsp3) is 0.208. The van der Waals surface area contributed by atoms with Gasteiger partial charge in [0.05, 0.1) is 24.4 Å². The van der Waals surface area contributed by atoms with Gasteiger partial charge in [0.1, 0.15) is 5.82 Å². The summed E-state index contributed by atoms with van der Waals surface area (Å²) in [5.74, 6) is -0.293. The van der Waals surface area contributed by atoms with E-state index in [0.29, 0.717) is 34.8 Å². The Bertz CT molecular complexity index is 1380. The first-order chi connectivity index (χ1) is 15.0. The van der Waals surface area contributed by atoms with Crippen molar-refractivity contribution in [2.24, 2.45) is 0 Å². The van der Waals surface area contributed by atoms with Crippen molar-refractivity contribution in [3.05, 3.63) is 103 Å². The van der Waals surface area contributed by atoms with Crippen LogP contribution >= 0.6 is 0 Å². The number of nitrogens with one attached hydrogen (secondary N) is 2. The molecule has 7 heteroatoms. The van der Waals surface area contributed by atoms with Gasteiger partial charge in [-0.25, -0.2) is 4.79 Å². The molecule has 0 fully saturated rings. The molecule has 3 aromatic rings. The van der Waals surface area contributed by atoms with Crippen molar-refractivity contribution in [3.63, 3.8) is 0 Å². The van der Waals surface area contributed by atoms with Crippen LogP contribution in [0.3, 0.4) is 0 Å². The van der Waals surface area contributed by atoms with E-state index >= 15 is 0 Å². The molecule has 1 aromatic heterocycles. The number of aromatic nitrogens is 2. The van der Waals surface area contributed by atoms with Crippen LogP contribution in [-0.4, -0.2) is 29.1 Å². The highest BCUT2D eigenvalue weighted by Gasteiger charge is 2.42. The highest BCUT2D eigenvalue weighted by molar-refractivity contribution is 6.23. The van der Waals surface area contributed by atoms with E-state index < -0.39 is 17.2 Å². The van der Waals surface area contributed by atoms with E-state index in [-0.39, 0.29) is 12.3 Å². The molecule has 0 spiro atoms. The van der Waals surface area contributed by atoms with E-state index in [2.05, 4.69) is 10.3 Å². The minimum Gasteiger partial charge on any atom is -0.383 e. The van der Waals surface area contributed by atoms with Crippen LogP contribution in [0.15, 0.2) is 63.7 Å². The molecule has 2 heterocycles. The van der Waals surface area contributed by atoms with Crippen molar-refractivity contribution >= 4 is 17.3 Å². The lowest BCUT2D eigenvalue weighted by Crippen LogP contribution is -2.39. The summed E-state index contributed by atoms with van der Waals surface area (Å²) >= 11 is 0. The number of nitrogens with zero attached hydrogens (tertiary/aromatic N) is 1. The third kappa shape index (κ3) is 2.81. The Morgan fingerprint density at radius 1 is 1.00 bits per heavy atom.